The number of carbonyl (C=O) groups excluding carboxylic acids is 1. The quantitative estimate of drug-likeness (QED) is 0.645. The number of benzene rings is 1. The maximum Gasteiger partial charge on any atom is 0.349 e. The summed E-state index contributed by atoms with van der Waals surface area (Å²) in [6.07, 6.45) is 0. The highest BCUT2D eigenvalue weighted by atomic mass is 16.5. The van der Waals surface area contributed by atoms with Gasteiger partial charge in [-0.1, -0.05) is 0 Å². The topological polar surface area (TPSA) is 77.8 Å². The van der Waals surface area contributed by atoms with Gasteiger partial charge in [0.05, 0.1) is 13.2 Å². The molecule has 1 N–H and O–H groups in total. The molecule has 21 heavy (non-hydrogen) atoms. The molecule has 6 nitrogen and oxygen atoms in total. The molecule has 1 amide bonds. The van der Waals surface area contributed by atoms with Crippen molar-refractivity contribution < 1.29 is 18.7 Å². The van der Waals surface area contributed by atoms with E-state index in [-0.39, 0.29) is 5.56 Å². The van der Waals surface area contributed by atoms with Crippen molar-refractivity contribution in [1.82, 2.24) is 5.32 Å². The molecule has 2 aromatic rings. The van der Waals surface area contributed by atoms with Crippen LogP contribution in [0, 0.1) is 0 Å². The molecule has 0 aliphatic heterocycles. The zero-order chi connectivity index (χ0) is 15.2. The van der Waals surface area contributed by atoms with E-state index in [0.29, 0.717) is 36.5 Å². The molecule has 1 aromatic heterocycles. The molecular weight excluding hydrogens is 274 g/mol. The number of fused-ring (bicyclic) bond motifs is 1. The van der Waals surface area contributed by atoms with Gasteiger partial charge in [0.25, 0.3) is 5.91 Å². The second kappa shape index (κ2) is 6.90. The molecule has 0 aliphatic carbocycles. The molecular formula is C15H17NO5. The van der Waals surface area contributed by atoms with Crippen LogP contribution in [0.2, 0.25) is 0 Å². The first kappa shape index (κ1) is 15.1. The maximum absolute atomic E-state index is 11.9. The van der Waals surface area contributed by atoms with Crippen LogP contribution in [0.4, 0.5) is 0 Å². The Kier molecular flexibility index (Phi) is 4.94. The van der Waals surface area contributed by atoms with E-state index in [2.05, 4.69) is 5.32 Å². The van der Waals surface area contributed by atoms with Crippen molar-refractivity contribution >= 4 is 16.9 Å². The summed E-state index contributed by atoms with van der Waals surface area (Å²) < 4.78 is 15.4. The molecule has 0 radical (unpaired) electrons. The summed E-state index contributed by atoms with van der Waals surface area (Å²) in [4.78, 5) is 23.8. The Labute approximate surface area is 121 Å². The van der Waals surface area contributed by atoms with Gasteiger partial charge in [0.15, 0.2) is 0 Å². The van der Waals surface area contributed by atoms with Gasteiger partial charge in [-0.05, 0) is 25.1 Å². The minimum atomic E-state index is -0.675. The van der Waals surface area contributed by atoms with E-state index in [4.69, 9.17) is 13.9 Å². The summed E-state index contributed by atoms with van der Waals surface area (Å²) in [5, 5.41) is 3.25. The third-order valence-electron chi connectivity index (χ3n) is 2.85. The first-order valence-electron chi connectivity index (χ1n) is 6.63. The maximum atomic E-state index is 11.9. The molecule has 0 bridgehead atoms. The first-order chi connectivity index (χ1) is 10.2. The number of carbonyl (C=O) groups is 1. The van der Waals surface area contributed by atoms with E-state index in [1.165, 1.54) is 13.2 Å². The first-order valence-corrected chi connectivity index (χ1v) is 6.63. The highest BCUT2D eigenvalue weighted by Crippen LogP contribution is 2.20. The number of amides is 1. The zero-order valence-corrected chi connectivity index (χ0v) is 12.0. The van der Waals surface area contributed by atoms with Gasteiger partial charge in [-0.2, -0.15) is 0 Å². The highest BCUT2D eigenvalue weighted by molar-refractivity contribution is 5.96. The minimum absolute atomic E-state index is 0.0252. The van der Waals surface area contributed by atoms with E-state index in [1.807, 2.05) is 6.92 Å². The number of methoxy groups -OCH3 is 1. The van der Waals surface area contributed by atoms with Crippen molar-refractivity contribution in [2.24, 2.45) is 0 Å². The molecule has 0 aliphatic rings. The summed E-state index contributed by atoms with van der Waals surface area (Å²) in [6.45, 7) is 3.10. The third kappa shape index (κ3) is 3.61. The normalized spacial score (nSPS) is 10.6. The molecule has 0 saturated carbocycles. The van der Waals surface area contributed by atoms with Crippen LogP contribution in [-0.2, 0) is 4.74 Å². The Bertz CT molecular complexity index is 692. The van der Waals surface area contributed by atoms with Gasteiger partial charge in [0.2, 0.25) is 0 Å². The Morgan fingerprint density at radius 1 is 1.33 bits per heavy atom. The molecule has 0 saturated heterocycles. The van der Waals surface area contributed by atoms with E-state index < -0.39 is 11.5 Å². The second-order valence-electron chi connectivity index (χ2n) is 4.33. The van der Waals surface area contributed by atoms with Crippen LogP contribution in [0.25, 0.3) is 11.0 Å². The molecule has 0 atom stereocenters. The molecule has 0 fully saturated rings. The van der Waals surface area contributed by atoms with Crippen molar-refractivity contribution in [2.75, 3.05) is 26.9 Å². The van der Waals surface area contributed by atoms with Crippen molar-refractivity contribution in [1.29, 1.82) is 0 Å². The van der Waals surface area contributed by atoms with Crippen LogP contribution in [0.1, 0.15) is 17.3 Å². The number of ether oxygens (including phenoxy) is 2. The van der Waals surface area contributed by atoms with Crippen LogP contribution < -0.4 is 15.7 Å². The smallest absolute Gasteiger partial charge is 0.349 e. The number of hydrogen-bond acceptors (Lipinski definition) is 5. The van der Waals surface area contributed by atoms with E-state index in [1.54, 1.807) is 18.2 Å². The molecule has 1 aromatic carbocycles. The lowest BCUT2D eigenvalue weighted by Crippen LogP contribution is -2.30. The average molecular weight is 291 g/mol. The standard InChI is InChI=1S/C15H17NO5/c1-3-20-11-5-4-10-8-12(14(17)16-6-7-19-2)15(18)21-13(10)9-11/h4-5,8-9H,3,6-7H2,1-2H3,(H,16,17). The molecule has 2 rings (SSSR count). The summed E-state index contributed by atoms with van der Waals surface area (Å²) in [5.41, 5.74) is -0.312. The number of rotatable bonds is 6. The lowest BCUT2D eigenvalue weighted by molar-refractivity contribution is 0.0933. The van der Waals surface area contributed by atoms with Crippen LogP contribution >= 0.6 is 0 Å². The predicted molar refractivity (Wildman–Crippen MR) is 77.9 cm³/mol. The summed E-state index contributed by atoms with van der Waals surface area (Å²) in [6, 6.07) is 6.65. The predicted octanol–water partition coefficient (Wildman–Crippen LogP) is 1.57. The molecule has 112 valence electrons. The van der Waals surface area contributed by atoms with Crippen molar-refractivity contribution in [2.45, 2.75) is 6.92 Å². The van der Waals surface area contributed by atoms with Gasteiger partial charge in [0, 0.05) is 25.1 Å². The van der Waals surface area contributed by atoms with E-state index in [9.17, 15) is 9.59 Å². The van der Waals surface area contributed by atoms with Gasteiger partial charge < -0.3 is 19.2 Å². The Morgan fingerprint density at radius 3 is 2.86 bits per heavy atom. The molecule has 6 heteroatoms. The third-order valence-corrected chi connectivity index (χ3v) is 2.85. The lowest BCUT2D eigenvalue weighted by atomic mass is 10.1. The van der Waals surface area contributed by atoms with Crippen LogP contribution in [0.15, 0.2) is 33.5 Å². The van der Waals surface area contributed by atoms with E-state index in [0.717, 1.165) is 0 Å². The van der Waals surface area contributed by atoms with Gasteiger partial charge in [-0.3, -0.25) is 4.79 Å². The lowest BCUT2D eigenvalue weighted by Gasteiger charge is -2.06. The average Bonchev–Trinajstić information content (AvgIpc) is 2.47. The second-order valence-corrected chi connectivity index (χ2v) is 4.33. The summed E-state index contributed by atoms with van der Waals surface area (Å²) in [5.74, 6) is 0.141. The minimum Gasteiger partial charge on any atom is -0.494 e. The number of nitrogens with one attached hydrogen (secondary N) is 1. The fourth-order valence-corrected chi connectivity index (χ4v) is 1.87. The Hall–Kier alpha value is -2.34. The van der Waals surface area contributed by atoms with E-state index >= 15 is 0 Å². The van der Waals surface area contributed by atoms with Crippen LogP contribution in [0.5, 0.6) is 5.75 Å². The van der Waals surface area contributed by atoms with Gasteiger partial charge in [-0.15, -0.1) is 0 Å². The molecule has 1 heterocycles. The fourth-order valence-electron chi connectivity index (χ4n) is 1.87. The molecule has 0 spiro atoms. The van der Waals surface area contributed by atoms with Gasteiger partial charge >= 0.3 is 5.63 Å². The van der Waals surface area contributed by atoms with Crippen molar-refractivity contribution in [3.05, 3.63) is 40.2 Å². The van der Waals surface area contributed by atoms with Crippen LogP contribution in [-0.4, -0.2) is 32.8 Å². The van der Waals surface area contributed by atoms with Crippen molar-refractivity contribution in [3.63, 3.8) is 0 Å². The number of hydrogen-bond donors (Lipinski definition) is 1. The molecule has 0 unspecified atom stereocenters. The summed E-state index contributed by atoms with van der Waals surface area (Å²) >= 11 is 0. The van der Waals surface area contributed by atoms with Gasteiger partial charge in [-0.25, -0.2) is 4.79 Å². The van der Waals surface area contributed by atoms with Gasteiger partial charge in [0.1, 0.15) is 16.9 Å². The summed E-state index contributed by atoms with van der Waals surface area (Å²) in [7, 11) is 1.53. The van der Waals surface area contributed by atoms with Crippen molar-refractivity contribution in [3.8, 4) is 5.75 Å². The SMILES string of the molecule is CCOc1ccc2cc(C(=O)NCCOC)c(=O)oc2c1. The Balaban J connectivity index is 2.30. The largest absolute Gasteiger partial charge is 0.494 e. The van der Waals surface area contributed by atoms with Crippen LogP contribution in [0.3, 0.4) is 0 Å². The monoisotopic (exact) mass is 291 g/mol. The highest BCUT2D eigenvalue weighted by Gasteiger charge is 2.13. The zero-order valence-electron chi connectivity index (χ0n) is 12.0. The Morgan fingerprint density at radius 2 is 2.14 bits per heavy atom. The fraction of sp³-hybridized carbons (Fsp3) is 0.333.